The molecule has 1 nitrogen and oxygen atoms in total. The van der Waals surface area contributed by atoms with Crippen molar-refractivity contribution in [1.82, 2.24) is 4.98 Å². The Hall–Kier alpha value is -2.93. The van der Waals surface area contributed by atoms with E-state index in [1.807, 2.05) is 0 Å². The van der Waals surface area contributed by atoms with E-state index in [1.54, 1.807) is 22.3 Å². The van der Waals surface area contributed by atoms with E-state index < -0.39 is 0 Å². The van der Waals surface area contributed by atoms with Gasteiger partial charge in [0.2, 0.25) is 0 Å². The molecule has 0 fully saturated rings. The minimum Gasteiger partial charge on any atom is -0.256 e. The van der Waals surface area contributed by atoms with Crippen molar-refractivity contribution in [3.05, 3.63) is 88.6 Å². The molecule has 2 aliphatic rings. The standard InChI is InChI=1S/C40H49N/c1-36(2,3)29-21-27(20-25-14-12-13-15-28(25)29)32-22-26(16-19-41-32)33-34-30(37(4,5)17-18-38(34,6)7)23-31-35(33)40(10,11)24-39(31,8)9/h12-16,19-23H,17-18,24H2,1-11H3. The summed E-state index contributed by atoms with van der Waals surface area (Å²) in [4.78, 5) is 5.00. The Kier molecular flexibility index (Phi) is 6.05. The number of hydrogen-bond donors (Lipinski definition) is 0. The van der Waals surface area contributed by atoms with Crippen molar-refractivity contribution < 1.29 is 0 Å². The van der Waals surface area contributed by atoms with Gasteiger partial charge in [0, 0.05) is 11.8 Å². The molecule has 0 saturated heterocycles. The molecule has 6 rings (SSSR count). The van der Waals surface area contributed by atoms with E-state index in [0.717, 1.165) is 5.69 Å². The average Bonchev–Trinajstić information content (AvgIpc) is 3.07. The van der Waals surface area contributed by atoms with Crippen LogP contribution in [0.2, 0.25) is 0 Å². The van der Waals surface area contributed by atoms with Crippen molar-refractivity contribution in [3.8, 4) is 22.4 Å². The Balaban J connectivity index is 1.67. The van der Waals surface area contributed by atoms with E-state index in [9.17, 15) is 0 Å². The molecule has 0 radical (unpaired) electrons. The first-order chi connectivity index (χ1) is 18.9. The molecule has 1 aromatic heterocycles. The van der Waals surface area contributed by atoms with E-state index in [4.69, 9.17) is 4.98 Å². The maximum Gasteiger partial charge on any atom is 0.0708 e. The van der Waals surface area contributed by atoms with Gasteiger partial charge in [-0.3, -0.25) is 4.98 Å². The monoisotopic (exact) mass is 543 g/mol. The number of aromatic nitrogens is 1. The quantitative estimate of drug-likeness (QED) is 0.245. The number of rotatable bonds is 2. The van der Waals surface area contributed by atoms with Crippen molar-refractivity contribution in [3.63, 3.8) is 0 Å². The predicted octanol–water partition coefficient (Wildman–Crippen LogP) is 11.2. The summed E-state index contributed by atoms with van der Waals surface area (Å²) in [5.41, 5.74) is 13.3. The zero-order chi connectivity index (χ0) is 29.8. The highest BCUT2D eigenvalue weighted by Gasteiger charge is 2.48. The second-order valence-electron chi connectivity index (χ2n) is 16.7. The van der Waals surface area contributed by atoms with E-state index in [-0.39, 0.29) is 27.1 Å². The first-order valence-electron chi connectivity index (χ1n) is 15.7. The van der Waals surface area contributed by atoms with Gasteiger partial charge < -0.3 is 0 Å². The number of benzene rings is 3. The third-order valence-corrected chi connectivity index (χ3v) is 10.4. The van der Waals surface area contributed by atoms with Crippen LogP contribution in [0.5, 0.6) is 0 Å². The molecule has 1 heterocycles. The molecule has 0 N–H and O–H groups in total. The fourth-order valence-electron chi connectivity index (χ4n) is 8.44. The van der Waals surface area contributed by atoms with Gasteiger partial charge in [0.15, 0.2) is 0 Å². The van der Waals surface area contributed by atoms with Gasteiger partial charge in [-0.15, -0.1) is 0 Å². The van der Waals surface area contributed by atoms with Gasteiger partial charge in [-0.2, -0.15) is 0 Å². The Morgan fingerprint density at radius 1 is 0.634 bits per heavy atom. The Morgan fingerprint density at radius 2 is 1.27 bits per heavy atom. The lowest BCUT2D eigenvalue weighted by atomic mass is 9.59. The summed E-state index contributed by atoms with van der Waals surface area (Å²) in [7, 11) is 0. The molecule has 41 heavy (non-hydrogen) atoms. The second kappa shape index (κ2) is 8.79. The van der Waals surface area contributed by atoms with Gasteiger partial charge >= 0.3 is 0 Å². The fourth-order valence-corrected chi connectivity index (χ4v) is 8.44. The summed E-state index contributed by atoms with van der Waals surface area (Å²) < 4.78 is 0. The summed E-state index contributed by atoms with van der Waals surface area (Å²) in [5, 5.41) is 2.62. The first-order valence-corrected chi connectivity index (χ1v) is 15.7. The summed E-state index contributed by atoms with van der Waals surface area (Å²) >= 11 is 0. The largest absolute Gasteiger partial charge is 0.256 e. The second-order valence-corrected chi connectivity index (χ2v) is 16.7. The van der Waals surface area contributed by atoms with Crippen LogP contribution >= 0.6 is 0 Å². The van der Waals surface area contributed by atoms with Crippen LogP contribution in [0.25, 0.3) is 33.2 Å². The highest BCUT2D eigenvalue weighted by molar-refractivity contribution is 5.91. The SMILES string of the molecule is CC(C)(C)c1cc(-c2cc(-c3c4c(cc5c3C(C)(C)CC5(C)C)C(C)(C)CCC4(C)C)ccn2)cc2ccccc12. The molecule has 0 amide bonds. The van der Waals surface area contributed by atoms with E-state index >= 15 is 0 Å². The molecule has 0 unspecified atom stereocenters. The third kappa shape index (κ3) is 4.46. The summed E-state index contributed by atoms with van der Waals surface area (Å²) in [5.74, 6) is 0. The summed E-state index contributed by atoms with van der Waals surface area (Å²) in [6.07, 6.45) is 5.66. The maximum atomic E-state index is 5.00. The van der Waals surface area contributed by atoms with Crippen LogP contribution in [-0.2, 0) is 27.1 Å². The van der Waals surface area contributed by atoms with Crippen molar-refractivity contribution >= 4 is 10.8 Å². The number of hydrogen-bond acceptors (Lipinski definition) is 1. The van der Waals surface area contributed by atoms with E-state index in [0.29, 0.717) is 0 Å². The van der Waals surface area contributed by atoms with Crippen molar-refractivity contribution in [2.24, 2.45) is 0 Å². The lowest BCUT2D eigenvalue weighted by molar-refractivity contribution is 0.332. The Bertz CT molecular complexity index is 1690. The topological polar surface area (TPSA) is 12.9 Å². The molecular formula is C40H49N. The number of fused-ring (bicyclic) bond motifs is 3. The van der Waals surface area contributed by atoms with Crippen molar-refractivity contribution in [2.75, 3.05) is 0 Å². The molecule has 0 bridgehead atoms. The van der Waals surface area contributed by atoms with Gasteiger partial charge in [-0.25, -0.2) is 0 Å². The molecule has 0 atom stereocenters. The van der Waals surface area contributed by atoms with Crippen molar-refractivity contribution in [1.29, 1.82) is 0 Å². The van der Waals surface area contributed by atoms with Crippen LogP contribution in [0.1, 0.15) is 123 Å². The third-order valence-electron chi connectivity index (χ3n) is 10.4. The van der Waals surface area contributed by atoms with Gasteiger partial charge in [0.1, 0.15) is 0 Å². The first kappa shape index (κ1) is 28.2. The minimum atomic E-state index is 0.0394. The van der Waals surface area contributed by atoms with Gasteiger partial charge in [0.25, 0.3) is 0 Å². The smallest absolute Gasteiger partial charge is 0.0708 e. The van der Waals surface area contributed by atoms with Crippen LogP contribution in [0.4, 0.5) is 0 Å². The molecule has 214 valence electrons. The number of nitrogens with zero attached hydrogens (tertiary/aromatic N) is 1. The molecule has 2 aliphatic carbocycles. The predicted molar refractivity (Wildman–Crippen MR) is 177 cm³/mol. The lowest BCUT2D eigenvalue weighted by Crippen LogP contribution is -2.35. The van der Waals surface area contributed by atoms with Crippen LogP contribution in [0, 0.1) is 0 Å². The average molecular weight is 544 g/mol. The van der Waals surface area contributed by atoms with Gasteiger partial charge in [-0.1, -0.05) is 106 Å². The normalized spacial score (nSPS) is 20.1. The Morgan fingerprint density at radius 3 is 1.98 bits per heavy atom. The molecular weight excluding hydrogens is 494 g/mol. The van der Waals surface area contributed by atoms with Crippen LogP contribution in [0.3, 0.4) is 0 Å². The lowest BCUT2D eigenvalue weighted by Gasteiger charge is -2.45. The molecule has 3 aromatic carbocycles. The van der Waals surface area contributed by atoms with Crippen LogP contribution in [0.15, 0.2) is 60.8 Å². The fraction of sp³-hybridized carbons (Fsp3) is 0.475. The zero-order valence-electron chi connectivity index (χ0n) is 27.3. The highest BCUT2D eigenvalue weighted by Crippen LogP contribution is 2.59. The molecule has 0 spiro atoms. The maximum absolute atomic E-state index is 5.00. The van der Waals surface area contributed by atoms with Crippen molar-refractivity contribution in [2.45, 2.75) is 122 Å². The molecule has 4 aromatic rings. The van der Waals surface area contributed by atoms with E-state index in [2.05, 4.69) is 137 Å². The zero-order valence-corrected chi connectivity index (χ0v) is 27.3. The summed E-state index contributed by atoms with van der Waals surface area (Å²) in [6, 6.07) is 20.8. The summed E-state index contributed by atoms with van der Waals surface area (Å²) in [6.45, 7) is 26.7. The molecule has 1 heteroatoms. The van der Waals surface area contributed by atoms with E-state index in [1.165, 1.54) is 52.3 Å². The van der Waals surface area contributed by atoms with Gasteiger partial charge in [-0.05, 0) is 120 Å². The number of pyridine rings is 1. The minimum absolute atomic E-state index is 0.0394. The van der Waals surface area contributed by atoms with Crippen LogP contribution < -0.4 is 0 Å². The molecule has 0 aliphatic heterocycles. The highest BCUT2D eigenvalue weighted by atomic mass is 14.7. The molecule has 0 saturated carbocycles. The Labute approximate surface area is 248 Å². The van der Waals surface area contributed by atoms with Gasteiger partial charge in [0.05, 0.1) is 5.69 Å². The van der Waals surface area contributed by atoms with Crippen LogP contribution in [-0.4, -0.2) is 4.98 Å².